The summed E-state index contributed by atoms with van der Waals surface area (Å²) in [7, 11) is 1.55. The molecule has 7 heteroatoms. The van der Waals surface area contributed by atoms with E-state index < -0.39 is 0 Å². The number of aromatic nitrogens is 4. The minimum atomic E-state index is -0.0758. The Hall–Kier alpha value is -2.96. The minimum absolute atomic E-state index is 0.0758. The monoisotopic (exact) mass is 353 g/mol. The van der Waals surface area contributed by atoms with Crippen LogP contribution in [0.15, 0.2) is 36.4 Å². The molecule has 0 bridgehead atoms. The van der Waals surface area contributed by atoms with Gasteiger partial charge in [-0.1, -0.05) is 32.9 Å². The predicted molar refractivity (Wildman–Crippen MR) is 99.4 cm³/mol. The number of aryl methyl sites for hydroxylation is 1. The summed E-state index contributed by atoms with van der Waals surface area (Å²) in [5.41, 5.74) is 2.73. The van der Waals surface area contributed by atoms with Gasteiger partial charge in [-0.2, -0.15) is 4.52 Å². The Kier molecular flexibility index (Phi) is 4.88. The van der Waals surface area contributed by atoms with E-state index >= 15 is 0 Å². The van der Waals surface area contributed by atoms with Crippen molar-refractivity contribution in [2.24, 2.45) is 0 Å². The smallest absolute Gasteiger partial charge is 0.231 e. The van der Waals surface area contributed by atoms with Gasteiger partial charge in [-0.25, -0.2) is 0 Å². The first kappa shape index (κ1) is 17.8. The number of nitrogens with zero attached hydrogens (tertiary/aromatic N) is 4. The van der Waals surface area contributed by atoms with Gasteiger partial charge in [0.1, 0.15) is 0 Å². The van der Waals surface area contributed by atoms with Crippen molar-refractivity contribution in [3.63, 3.8) is 0 Å². The number of nitrogens with one attached hydrogen (secondary N) is 1. The topological polar surface area (TPSA) is 81.4 Å². The third kappa shape index (κ3) is 3.99. The van der Waals surface area contributed by atoms with Crippen LogP contribution in [0.5, 0.6) is 5.88 Å². The SMILES string of the molecule is COc1ccc2nnc(CCC(=O)Nc3ccc(C(C)(C)C)cc3)n2n1. The van der Waals surface area contributed by atoms with Crippen LogP contribution in [0.3, 0.4) is 0 Å². The highest BCUT2D eigenvalue weighted by atomic mass is 16.5. The van der Waals surface area contributed by atoms with E-state index in [1.807, 2.05) is 24.3 Å². The second kappa shape index (κ2) is 7.11. The van der Waals surface area contributed by atoms with Crippen molar-refractivity contribution < 1.29 is 9.53 Å². The van der Waals surface area contributed by atoms with Gasteiger partial charge in [0.05, 0.1) is 7.11 Å². The van der Waals surface area contributed by atoms with Crippen molar-refractivity contribution in [1.29, 1.82) is 0 Å². The maximum absolute atomic E-state index is 12.2. The molecule has 0 unspecified atom stereocenters. The fourth-order valence-corrected chi connectivity index (χ4v) is 2.58. The van der Waals surface area contributed by atoms with E-state index in [-0.39, 0.29) is 11.3 Å². The normalized spacial score (nSPS) is 11.5. The van der Waals surface area contributed by atoms with Crippen LogP contribution in [0.2, 0.25) is 0 Å². The highest BCUT2D eigenvalue weighted by Gasteiger charge is 2.14. The summed E-state index contributed by atoms with van der Waals surface area (Å²) < 4.78 is 6.72. The first-order chi connectivity index (χ1) is 12.4. The number of fused-ring (bicyclic) bond motifs is 1. The Labute approximate surface area is 152 Å². The van der Waals surface area contributed by atoms with Crippen LogP contribution in [-0.4, -0.2) is 32.8 Å². The Bertz CT molecular complexity index is 910. The maximum Gasteiger partial charge on any atom is 0.231 e. The van der Waals surface area contributed by atoms with Gasteiger partial charge in [0.2, 0.25) is 11.8 Å². The highest BCUT2D eigenvalue weighted by Crippen LogP contribution is 2.23. The molecule has 1 N–H and O–H groups in total. The molecular formula is C19H23N5O2. The Morgan fingerprint density at radius 1 is 1.12 bits per heavy atom. The van der Waals surface area contributed by atoms with Crippen LogP contribution >= 0.6 is 0 Å². The Morgan fingerprint density at radius 2 is 1.85 bits per heavy atom. The molecular weight excluding hydrogens is 330 g/mol. The number of ether oxygens (including phenoxy) is 1. The van der Waals surface area contributed by atoms with Gasteiger partial charge in [0.25, 0.3) is 0 Å². The molecule has 1 aromatic carbocycles. The summed E-state index contributed by atoms with van der Waals surface area (Å²) in [4.78, 5) is 12.2. The zero-order valence-corrected chi connectivity index (χ0v) is 15.5. The fraction of sp³-hybridized carbons (Fsp3) is 0.368. The third-order valence-corrected chi connectivity index (χ3v) is 4.12. The first-order valence-electron chi connectivity index (χ1n) is 8.52. The highest BCUT2D eigenvalue weighted by molar-refractivity contribution is 5.90. The first-order valence-corrected chi connectivity index (χ1v) is 8.52. The summed E-state index contributed by atoms with van der Waals surface area (Å²) in [5, 5.41) is 15.4. The second-order valence-electron chi connectivity index (χ2n) is 7.14. The molecule has 7 nitrogen and oxygen atoms in total. The molecule has 2 heterocycles. The summed E-state index contributed by atoms with van der Waals surface area (Å²) >= 11 is 0. The average Bonchev–Trinajstić information content (AvgIpc) is 3.01. The molecule has 0 radical (unpaired) electrons. The maximum atomic E-state index is 12.2. The van der Waals surface area contributed by atoms with Gasteiger partial charge in [-0.05, 0) is 29.2 Å². The van der Waals surface area contributed by atoms with E-state index in [9.17, 15) is 4.79 Å². The molecule has 3 rings (SSSR count). The molecule has 0 fully saturated rings. The van der Waals surface area contributed by atoms with Crippen LogP contribution in [0.1, 0.15) is 38.6 Å². The lowest BCUT2D eigenvalue weighted by Gasteiger charge is -2.19. The zero-order chi connectivity index (χ0) is 18.7. The van der Waals surface area contributed by atoms with Crippen molar-refractivity contribution in [3.8, 4) is 5.88 Å². The molecule has 1 amide bonds. The number of anilines is 1. The molecule has 0 saturated carbocycles. The summed E-state index contributed by atoms with van der Waals surface area (Å²) in [6, 6.07) is 11.4. The van der Waals surface area contributed by atoms with Gasteiger partial charge >= 0.3 is 0 Å². The lowest BCUT2D eigenvalue weighted by Crippen LogP contribution is -2.14. The lowest BCUT2D eigenvalue weighted by molar-refractivity contribution is -0.116. The lowest BCUT2D eigenvalue weighted by atomic mass is 9.87. The molecule has 0 aliphatic carbocycles. The third-order valence-electron chi connectivity index (χ3n) is 4.12. The van der Waals surface area contributed by atoms with E-state index in [4.69, 9.17) is 4.74 Å². The van der Waals surface area contributed by atoms with Gasteiger partial charge in [-0.3, -0.25) is 4.79 Å². The molecule has 0 atom stereocenters. The van der Waals surface area contributed by atoms with Crippen LogP contribution in [0, 0.1) is 0 Å². The number of methoxy groups -OCH3 is 1. The molecule has 3 aromatic rings. The van der Waals surface area contributed by atoms with Gasteiger partial charge in [0, 0.05) is 24.6 Å². The van der Waals surface area contributed by atoms with Crippen molar-refractivity contribution >= 4 is 17.2 Å². The molecule has 0 spiro atoms. The van der Waals surface area contributed by atoms with Crippen LogP contribution < -0.4 is 10.1 Å². The van der Waals surface area contributed by atoms with Crippen molar-refractivity contribution in [1.82, 2.24) is 19.8 Å². The summed E-state index contributed by atoms with van der Waals surface area (Å²) in [6.07, 6.45) is 0.730. The van der Waals surface area contributed by atoms with Gasteiger partial charge in [-0.15, -0.1) is 15.3 Å². The number of hydrogen-bond donors (Lipinski definition) is 1. The van der Waals surface area contributed by atoms with E-state index in [1.54, 1.807) is 23.8 Å². The van der Waals surface area contributed by atoms with Gasteiger partial charge < -0.3 is 10.1 Å². The molecule has 0 aliphatic heterocycles. The van der Waals surface area contributed by atoms with E-state index in [2.05, 4.69) is 41.4 Å². The summed E-state index contributed by atoms with van der Waals surface area (Å²) in [6.45, 7) is 6.48. The number of benzene rings is 1. The molecule has 0 aliphatic rings. The minimum Gasteiger partial charge on any atom is -0.480 e. The quantitative estimate of drug-likeness (QED) is 0.762. The number of rotatable bonds is 5. The van der Waals surface area contributed by atoms with E-state index in [0.717, 1.165) is 5.69 Å². The molecule has 136 valence electrons. The summed E-state index contributed by atoms with van der Waals surface area (Å²) in [5.74, 6) is 1.02. The van der Waals surface area contributed by atoms with Crippen LogP contribution in [0.25, 0.3) is 5.65 Å². The average molecular weight is 353 g/mol. The zero-order valence-electron chi connectivity index (χ0n) is 15.5. The molecule has 0 saturated heterocycles. The number of carbonyl (C=O) groups is 1. The largest absolute Gasteiger partial charge is 0.480 e. The van der Waals surface area contributed by atoms with Crippen molar-refractivity contribution in [2.75, 3.05) is 12.4 Å². The van der Waals surface area contributed by atoms with Crippen molar-refractivity contribution in [2.45, 2.75) is 39.0 Å². The predicted octanol–water partition coefficient (Wildman–Crippen LogP) is 3.00. The number of hydrogen-bond acceptors (Lipinski definition) is 5. The van der Waals surface area contributed by atoms with Crippen LogP contribution in [0.4, 0.5) is 5.69 Å². The van der Waals surface area contributed by atoms with Gasteiger partial charge in [0.15, 0.2) is 11.5 Å². The Morgan fingerprint density at radius 3 is 2.50 bits per heavy atom. The number of carbonyl (C=O) groups excluding carboxylic acids is 1. The number of amides is 1. The second-order valence-corrected chi connectivity index (χ2v) is 7.14. The standard InChI is InChI=1S/C19H23N5O2/c1-19(2,3)13-5-7-14(8-6-13)20-17(25)11-9-15-21-22-16-10-12-18(26-4)23-24(15)16/h5-8,10,12H,9,11H2,1-4H3,(H,20,25). The molecule has 2 aromatic heterocycles. The van der Waals surface area contributed by atoms with E-state index in [0.29, 0.717) is 30.2 Å². The fourth-order valence-electron chi connectivity index (χ4n) is 2.58. The van der Waals surface area contributed by atoms with E-state index in [1.165, 1.54) is 5.56 Å². The Balaban J connectivity index is 1.62. The molecule has 26 heavy (non-hydrogen) atoms. The van der Waals surface area contributed by atoms with Crippen LogP contribution in [-0.2, 0) is 16.6 Å². The van der Waals surface area contributed by atoms with Crippen molar-refractivity contribution in [3.05, 3.63) is 47.8 Å².